The van der Waals surface area contributed by atoms with Gasteiger partial charge in [0.1, 0.15) is 11.3 Å². The Balaban J connectivity index is 1.66. The van der Waals surface area contributed by atoms with E-state index in [1.165, 1.54) is 0 Å². The number of rotatable bonds is 5. The molecule has 6 heteroatoms. The number of fused-ring (bicyclic) bond motifs is 1. The molecule has 2 aromatic heterocycles. The summed E-state index contributed by atoms with van der Waals surface area (Å²) < 4.78 is 7.70. The van der Waals surface area contributed by atoms with Gasteiger partial charge in [0, 0.05) is 22.5 Å². The molecule has 0 saturated carbocycles. The van der Waals surface area contributed by atoms with Crippen LogP contribution in [0.3, 0.4) is 0 Å². The van der Waals surface area contributed by atoms with Crippen LogP contribution in [0.25, 0.3) is 11.0 Å². The Morgan fingerprint density at radius 3 is 2.72 bits per heavy atom. The molecule has 0 fully saturated rings. The first-order valence-electron chi connectivity index (χ1n) is 8.34. The maximum atomic E-state index is 12.4. The van der Waals surface area contributed by atoms with Crippen LogP contribution in [0, 0.1) is 13.8 Å². The van der Waals surface area contributed by atoms with Crippen molar-refractivity contribution in [3.8, 4) is 0 Å². The number of carbonyl (C=O) groups is 1. The molecule has 0 radical (unpaired) electrons. The molecule has 1 amide bonds. The second-order valence-electron chi connectivity index (χ2n) is 6.54. The van der Waals surface area contributed by atoms with E-state index in [4.69, 9.17) is 16.0 Å². The minimum absolute atomic E-state index is 0.00428. The lowest BCUT2D eigenvalue weighted by Gasteiger charge is -2.16. The summed E-state index contributed by atoms with van der Waals surface area (Å²) in [7, 11) is 0. The minimum atomic E-state index is -0.216. The van der Waals surface area contributed by atoms with Gasteiger partial charge in [0.15, 0.2) is 0 Å². The van der Waals surface area contributed by atoms with Crippen LogP contribution in [-0.4, -0.2) is 15.7 Å². The van der Waals surface area contributed by atoms with E-state index in [0.717, 1.165) is 22.4 Å². The van der Waals surface area contributed by atoms with Crippen molar-refractivity contribution >= 4 is 28.5 Å². The number of aromatic nitrogens is 2. The number of benzene rings is 1. The maximum absolute atomic E-state index is 12.4. The molecule has 1 N–H and O–H groups in total. The Bertz CT molecular complexity index is 913. The molecule has 0 unspecified atom stereocenters. The zero-order chi connectivity index (χ0) is 18.1. The Kier molecular flexibility index (Phi) is 4.86. The quantitative estimate of drug-likeness (QED) is 0.716. The van der Waals surface area contributed by atoms with Gasteiger partial charge in [0.2, 0.25) is 5.91 Å². The van der Waals surface area contributed by atoms with Crippen LogP contribution in [0.15, 0.2) is 34.7 Å². The van der Waals surface area contributed by atoms with Crippen molar-refractivity contribution in [1.29, 1.82) is 0 Å². The molecule has 0 spiro atoms. The van der Waals surface area contributed by atoms with Crippen LogP contribution in [0.5, 0.6) is 0 Å². The van der Waals surface area contributed by atoms with Gasteiger partial charge in [-0.15, -0.1) is 0 Å². The minimum Gasteiger partial charge on any atom is -0.459 e. The molecular weight excluding hydrogens is 338 g/mol. The van der Waals surface area contributed by atoms with Gasteiger partial charge in [0.25, 0.3) is 0 Å². The molecule has 0 aliphatic rings. The van der Waals surface area contributed by atoms with Gasteiger partial charge >= 0.3 is 0 Å². The second kappa shape index (κ2) is 6.92. The molecule has 2 atom stereocenters. The SMILES string of the molecule is Cc1cc(C)n([C@H](C)CC(=O)N[C@@H](C)c2cc3cc(Cl)ccc3o2)n1. The molecule has 25 heavy (non-hydrogen) atoms. The van der Waals surface area contributed by atoms with E-state index >= 15 is 0 Å². The lowest BCUT2D eigenvalue weighted by Crippen LogP contribution is -2.28. The highest BCUT2D eigenvalue weighted by Crippen LogP contribution is 2.26. The fourth-order valence-corrected chi connectivity index (χ4v) is 3.25. The highest BCUT2D eigenvalue weighted by atomic mass is 35.5. The molecule has 5 nitrogen and oxygen atoms in total. The summed E-state index contributed by atoms with van der Waals surface area (Å²) in [5.41, 5.74) is 2.77. The zero-order valence-electron chi connectivity index (χ0n) is 14.8. The van der Waals surface area contributed by atoms with Gasteiger partial charge < -0.3 is 9.73 Å². The third-order valence-corrected chi connectivity index (χ3v) is 4.48. The Hall–Kier alpha value is -2.27. The summed E-state index contributed by atoms with van der Waals surface area (Å²) in [6.07, 6.45) is 0.359. The van der Waals surface area contributed by atoms with Crippen LogP contribution in [-0.2, 0) is 4.79 Å². The van der Waals surface area contributed by atoms with Gasteiger partial charge in [-0.1, -0.05) is 11.6 Å². The van der Waals surface area contributed by atoms with Crippen molar-refractivity contribution < 1.29 is 9.21 Å². The van der Waals surface area contributed by atoms with Crippen LogP contribution < -0.4 is 5.32 Å². The normalized spacial score (nSPS) is 13.8. The van der Waals surface area contributed by atoms with Crippen molar-refractivity contribution in [1.82, 2.24) is 15.1 Å². The van der Waals surface area contributed by atoms with E-state index in [0.29, 0.717) is 17.2 Å². The van der Waals surface area contributed by atoms with E-state index in [9.17, 15) is 4.79 Å². The average molecular weight is 360 g/mol. The smallest absolute Gasteiger partial charge is 0.222 e. The summed E-state index contributed by atoms with van der Waals surface area (Å²) in [6.45, 7) is 7.85. The van der Waals surface area contributed by atoms with Crippen molar-refractivity contribution in [3.63, 3.8) is 0 Å². The van der Waals surface area contributed by atoms with Crippen molar-refractivity contribution in [2.45, 2.75) is 46.2 Å². The Morgan fingerprint density at radius 2 is 2.04 bits per heavy atom. The number of hydrogen-bond donors (Lipinski definition) is 1. The van der Waals surface area contributed by atoms with E-state index < -0.39 is 0 Å². The average Bonchev–Trinajstić information content (AvgIpc) is 3.09. The summed E-state index contributed by atoms with van der Waals surface area (Å²) in [5.74, 6) is 0.676. The number of halogens is 1. The summed E-state index contributed by atoms with van der Waals surface area (Å²) in [6, 6.07) is 9.18. The van der Waals surface area contributed by atoms with E-state index in [2.05, 4.69) is 10.4 Å². The fraction of sp³-hybridized carbons (Fsp3) is 0.368. The van der Waals surface area contributed by atoms with Gasteiger partial charge in [0.05, 0.1) is 17.8 Å². The predicted octanol–water partition coefficient (Wildman–Crippen LogP) is 4.73. The summed E-state index contributed by atoms with van der Waals surface area (Å²) >= 11 is 6.00. The predicted molar refractivity (Wildman–Crippen MR) is 98.8 cm³/mol. The first-order valence-corrected chi connectivity index (χ1v) is 8.72. The highest BCUT2D eigenvalue weighted by Gasteiger charge is 2.18. The molecule has 0 aliphatic carbocycles. The van der Waals surface area contributed by atoms with E-state index in [1.807, 2.05) is 56.6 Å². The van der Waals surface area contributed by atoms with E-state index in [-0.39, 0.29) is 18.0 Å². The highest BCUT2D eigenvalue weighted by molar-refractivity contribution is 6.31. The van der Waals surface area contributed by atoms with Gasteiger partial charge in [-0.2, -0.15) is 5.10 Å². The number of carbonyl (C=O) groups excluding carboxylic acids is 1. The van der Waals surface area contributed by atoms with Gasteiger partial charge in [-0.25, -0.2) is 0 Å². The number of amides is 1. The summed E-state index contributed by atoms with van der Waals surface area (Å²) in [4.78, 5) is 12.4. The fourth-order valence-electron chi connectivity index (χ4n) is 3.07. The number of nitrogens with zero attached hydrogens (tertiary/aromatic N) is 2. The van der Waals surface area contributed by atoms with Crippen LogP contribution in [0.2, 0.25) is 5.02 Å². The molecule has 0 saturated heterocycles. The number of hydrogen-bond acceptors (Lipinski definition) is 3. The standard InChI is InChI=1S/C19H22ClN3O2/c1-11-7-12(2)23(22-11)13(3)8-19(24)21-14(4)18-10-15-9-16(20)5-6-17(15)25-18/h5-7,9-10,13-14H,8H2,1-4H3,(H,21,24)/t13-,14+/m1/s1. The molecule has 3 aromatic rings. The van der Waals surface area contributed by atoms with E-state index in [1.54, 1.807) is 6.07 Å². The summed E-state index contributed by atoms with van der Waals surface area (Å²) in [5, 5.41) is 9.03. The van der Waals surface area contributed by atoms with Gasteiger partial charge in [-0.3, -0.25) is 9.48 Å². The topological polar surface area (TPSA) is 60.1 Å². The van der Waals surface area contributed by atoms with Crippen LogP contribution in [0.1, 0.15) is 49.5 Å². The van der Waals surface area contributed by atoms with Crippen LogP contribution >= 0.6 is 11.6 Å². The van der Waals surface area contributed by atoms with Crippen molar-refractivity contribution in [2.24, 2.45) is 0 Å². The van der Waals surface area contributed by atoms with Crippen molar-refractivity contribution in [2.75, 3.05) is 0 Å². The molecule has 3 rings (SSSR count). The molecule has 0 bridgehead atoms. The Morgan fingerprint density at radius 1 is 1.28 bits per heavy atom. The number of aryl methyl sites for hydroxylation is 2. The second-order valence-corrected chi connectivity index (χ2v) is 6.98. The lowest BCUT2D eigenvalue weighted by molar-refractivity contribution is -0.122. The number of furan rings is 1. The zero-order valence-corrected chi connectivity index (χ0v) is 15.6. The van der Waals surface area contributed by atoms with Gasteiger partial charge in [-0.05, 0) is 58.0 Å². The first kappa shape index (κ1) is 17.5. The molecular formula is C19H22ClN3O2. The monoisotopic (exact) mass is 359 g/mol. The Labute approximate surface area is 152 Å². The maximum Gasteiger partial charge on any atom is 0.222 e. The molecule has 0 aliphatic heterocycles. The molecule has 132 valence electrons. The van der Waals surface area contributed by atoms with Crippen molar-refractivity contribution in [3.05, 3.63) is 52.5 Å². The molecule has 1 aromatic carbocycles. The first-order chi connectivity index (χ1) is 11.8. The third kappa shape index (κ3) is 3.87. The molecule has 2 heterocycles. The number of nitrogens with one attached hydrogen (secondary N) is 1. The van der Waals surface area contributed by atoms with Crippen LogP contribution in [0.4, 0.5) is 0 Å². The lowest BCUT2D eigenvalue weighted by atomic mass is 10.2. The third-order valence-electron chi connectivity index (χ3n) is 4.24. The largest absolute Gasteiger partial charge is 0.459 e.